The van der Waals surface area contributed by atoms with Gasteiger partial charge in [0.25, 0.3) is 0 Å². The molecule has 0 spiro atoms. The topological polar surface area (TPSA) is 124 Å². The van der Waals surface area contributed by atoms with Crippen molar-refractivity contribution in [3.8, 4) is 5.75 Å². The van der Waals surface area contributed by atoms with Crippen molar-refractivity contribution < 1.29 is 33.4 Å². The third-order valence-electron chi connectivity index (χ3n) is 5.46. The van der Waals surface area contributed by atoms with E-state index in [0.29, 0.717) is 36.1 Å². The van der Waals surface area contributed by atoms with Crippen LogP contribution in [0.2, 0.25) is 0 Å². The minimum Gasteiger partial charge on any atom is -0.493 e. The van der Waals surface area contributed by atoms with Crippen LogP contribution in [-0.4, -0.2) is 30.4 Å². The molecule has 10 heteroatoms. The van der Waals surface area contributed by atoms with Crippen molar-refractivity contribution >= 4 is 27.0 Å². The predicted octanol–water partition coefficient (Wildman–Crippen LogP) is 5.63. The van der Waals surface area contributed by atoms with E-state index in [4.69, 9.17) is 4.74 Å². The molecule has 0 radical (unpaired) electrons. The molecule has 0 unspecified atom stereocenters. The molecule has 0 aliphatic carbocycles. The van der Waals surface area contributed by atoms with Gasteiger partial charge in [0.1, 0.15) is 5.75 Å². The second kappa shape index (κ2) is 11.7. The zero-order valence-corrected chi connectivity index (χ0v) is 22.1. The first-order valence-electron chi connectivity index (χ1n) is 11.0. The molecule has 180 valence electrons. The molecule has 0 aromatic heterocycles. The lowest BCUT2D eigenvalue weighted by molar-refractivity contribution is 0.330. The summed E-state index contributed by atoms with van der Waals surface area (Å²) in [5, 5.41) is 0. The largest absolute Gasteiger partial charge is 0.493 e. The smallest absolute Gasteiger partial charge is 0.354 e. The first-order valence-corrected chi connectivity index (χ1v) is 15.1. The monoisotopic (exact) mass is 496 g/mol. The molecule has 0 bridgehead atoms. The SMILES string of the molecule is CCCc1c(CC)c(SC(CC)(P(=O)(O)O)P(=O)(O)O)c(CC)c(CCC)c1OCC. The van der Waals surface area contributed by atoms with Gasteiger partial charge in [-0.2, -0.15) is 0 Å². The number of hydrogen-bond donors (Lipinski definition) is 4. The van der Waals surface area contributed by atoms with Crippen LogP contribution >= 0.6 is 27.0 Å². The van der Waals surface area contributed by atoms with Gasteiger partial charge in [-0.1, -0.05) is 59.2 Å². The second-order valence-electron chi connectivity index (χ2n) is 7.50. The quantitative estimate of drug-likeness (QED) is 0.205. The maximum atomic E-state index is 12.5. The zero-order chi connectivity index (χ0) is 24.0. The third kappa shape index (κ3) is 5.78. The molecule has 0 aliphatic rings. The Morgan fingerprint density at radius 2 is 1.19 bits per heavy atom. The Kier molecular flexibility index (Phi) is 10.8. The lowest BCUT2D eigenvalue weighted by atomic mass is 9.89. The van der Waals surface area contributed by atoms with Gasteiger partial charge >= 0.3 is 15.2 Å². The van der Waals surface area contributed by atoms with Crippen LogP contribution in [-0.2, 0) is 34.8 Å². The minimum atomic E-state index is -5.17. The van der Waals surface area contributed by atoms with Crippen LogP contribution in [0, 0.1) is 0 Å². The summed E-state index contributed by atoms with van der Waals surface area (Å²) in [5.41, 5.74) is 3.70. The van der Waals surface area contributed by atoms with Gasteiger partial charge in [0.2, 0.25) is 4.23 Å². The molecule has 0 heterocycles. The molecule has 0 fully saturated rings. The Balaban J connectivity index is 4.11. The highest BCUT2D eigenvalue weighted by molar-refractivity contribution is 8.13. The van der Waals surface area contributed by atoms with Crippen LogP contribution in [0.25, 0.3) is 0 Å². The molecule has 0 saturated heterocycles. The van der Waals surface area contributed by atoms with E-state index in [1.54, 1.807) is 0 Å². The fraction of sp³-hybridized carbons (Fsp3) is 0.714. The average molecular weight is 497 g/mol. The van der Waals surface area contributed by atoms with Crippen molar-refractivity contribution in [1.82, 2.24) is 0 Å². The molecular weight excluding hydrogens is 458 g/mol. The van der Waals surface area contributed by atoms with Gasteiger partial charge in [0.05, 0.1) is 6.61 Å². The Morgan fingerprint density at radius 3 is 1.45 bits per heavy atom. The van der Waals surface area contributed by atoms with E-state index in [2.05, 4.69) is 13.8 Å². The van der Waals surface area contributed by atoms with Gasteiger partial charge in [-0.25, -0.2) is 0 Å². The summed E-state index contributed by atoms with van der Waals surface area (Å²) in [5.74, 6) is 0.832. The van der Waals surface area contributed by atoms with E-state index >= 15 is 0 Å². The lowest BCUT2D eigenvalue weighted by Crippen LogP contribution is -2.25. The Labute approximate surface area is 190 Å². The zero-order valence-electron chi connectivity index (χ0n) is 19.5. The van der Waals surface area contributed by atoms with Crippen molar-refractivity contribution in [2.75, 3.05) is 6.61 Å². The van der Waals surface area contributed by atoms with Crippen LogP contribution in [0.5, 0.6) is 5.75 Å². The molecule has 1 rings (SSSR count). The van der Waals surface area contributed by atoms with E-state index in [1.807, 2.05) is 20.8 Å². The Hall–Kier alpha value is -0.330. The molecule has 0 amide bonds. The van der Waals surface area contributed by atoms with Gasteiger partial charge < -0.3 is 24.3 Å². The maximum absolute atomic E-state index is 12.5. The highest BCUT2D eigenvalue weighted by Gasteiger charge is 2.60. The van der Waals surface area contributed by atoms with Crippen LogP contribution in [0.3, 0.4) is 0 Å². The number of thioether (sulfide) groups is 1. The van der Waals surface area contributed by atoms with Crippen LogP contribution < -0.4 is 4.74 Å². The molecule has 31 heavy (non-hydrogen) atoms. The fourth-order valence-corrected chi connectivity index (χ4v) is 9.00. The third-order valence-corrected chi connectivity index (χ3v) is 12.8. The average Bonchev–Trinajstić information content (AvgIpc) is 2.67. The lowest BCUT2D eigenvalue weighted by Gasteiger charge is -2.35. The normalized spacial score (nSPS) is 13.0. The van der Waals surface area contributed by atoms with Crippen LogP contribution in [0.15, 0.2) is 4.90 Å². The highest BCUT2D eigenvalue weighted by atomic mass is 32.2. The van der Waals surface area contributed by atoms with Gasteiger partial charge in [-0.05, 0) is 61.3 Å². The molecule has 0 saturated carbocycles. The molecule has 4 N–H and O–H groups in total. The number of benzene rings is 1. The number of rotatable bonds is 13. The summed E-state index contributed by atoms with van der Waals surface area (Å²) in [6.07, 6.45) is 3.92. The highest BCUT2D eigenvalue weighted by Crippen LogP contribution is 2.77. The van der Waals surface area contributed by atoms with E-state index < -0.39 is 19.4 Å². The minimum absolute atomic E-state index is 0.363. The fourth-order valence-electron chi connectivity index (χ4n) is 4.07. The van der Waals surface area contributed by atoms with Crippen molar-refractivity contribution in [1.29, 1.82) is 0 Å². The van der Waals surface area contributed by atoms with Crippen LogP contribution in [0.1, 0.15) is 83.1 Å². The molecule has 1 aromatic rings. The van der Waals surface area contributed by atoms with Gasteiger partial charge in [-0.15, -0.1) is 0 Å². The summed E-state index contributed by atoms with van der Waals surface area (Å²) in [4.78, 5) is 41.0. The first kappa shape index (κ1) is 28.7. The van der Waals surface area contributed by atoms with Gasteiger partial charge in [-0.3, -0.25) is 9.13 Å². The standard InChI is InChI=1S/C21H38O7P2S/c1-7-13-17-15(9-3)20(16(10-4)18(14-8-2)19(17)28-12-6)31-21(11-5,29(22,23)24)30(25,26)27/h7-14H2,1-6H3,(H2,22,23,24)(H2,25,26,27). The molecule has 1 aromatic carbocycles. The summed E-state index contributed by atoms with van der Waals surface area (Å²) >= 11 is 0.678. The van der Waals surface area contributed by atoms with E-state index in [9.17, 15) is 28.7 Å². The molecule has 7 nitrogen and oxygen atoms in total. The number of ether oxygens (including phenoxy) is 1. The Morgan fingerprint density at radius 1 is 0.774 bits per heavy atom. The van der Waals surface area contributed by atoms with E-state index in [0.717, 1.165) is 53.7 Å². The Bertz CT molecular complexity index is 788. The molecular formula is C21H38O7P2S. The van der Waals surface area contributed by atoms with Gasteiger partial charge in [0.15, 0.2) is 0 Å². The predicted molar refractivity (Wildman–Crippen MR) is 127 cm³/mol. The molecule has 0 atom stereocenters. The van der Waals surface area contributed by atoms with E-state index in [-0.39, 0.29) is 6.42 Å². The maximum Gasteiger partial charge on any atom is 0.354 e. The number of hydrogen-bond acceptors (Lipinski definition) is 4. The summed E-state index contributed by atoms with van der Waals surface area (Å²) in [6, 6.07) is 0. The van der Waals surface area contributed by atoms with Crippen molar-refractivity contribution in [2.24, 2.45) is 0 Å². The molecule has 0 aliphatic heterocycles. The van der Waals surface area contributed by atoms with Crippen molar-refractivity contribution in [2.45, 2.75) is 95.6 Å². The van der Waals surface area contributed by atoms with Gasteiger partial charge in [0, 0.05) is 4.90 Å². The van der Waals surface area contributed by atoms with Crippen molar-refractivity contribution in [3.05, 3.63) is 22.3 Å². The summed E-state index contributed by atoms with van der Waals surface area (Å²) < 4.78 is 28.5. The first-order chi connectivity index (χ1) is 14.4. The summed E-state index contributed by atoms with van der Waals surface area (Å²) in [6.45, 7) is 11.8. The summed E-state index contributed by atoms with van der Waals surface area (Å²) in [7, 11) is -10.3. The van der Waals surface area contributed by atoms with Crippen LogP contribution in [0.4, 0.5) is 0 Å². The van der Waals surface area contributed by atoms with E-state index in [1.165, 1.54) is 6.92 Å². The van der Waals surface area contributed by atoms with Crippen molar-refractivity contribution in [3.63, 3.8) is 0 Å². The second-order valence-corrected chi connectivity index (χ2v) is 13.5.